The third-order valence-electron chi connectivity index (χ3n) is 5.32. The molecule has 0 spiro atoms. The number of ether oxygens (including phenoxy) is 1. The van der Waals surface area contributed by atoms with Gasteiger partial charge in [-0.1, -0.05) is 12.1 Å². The van der Waals surface area contributed by atoms with Crippen LogP contribution in [0.25, 0.3) is 0 Å². The minimum absolute atomic E-state index is 0.220. The van der Waals surface area contributed by atoms with Crippen molar-refractivity contribution in [2.24, 2.45) is 0 Å². The molecule has 0 unspecified atom stereocenters. The summed E-state index contributed by atoms with van der Waals surface area (Å²) in [5.41, 5.74) is -0.470. The Morgan fingerprint density at radius 3 is 2.68 bits per heavy atom. The normalized spacial score (nSPS) is 25.6. The Kier molecular flexibility index (Phi) is 5.71. The predicted octanol–water partition coefficient (Wildman–Crippen LogP) is 1.79. The topological polar surface area (TPSA) is 53.0 Å². The van der Waals surface area contributed by atoms with Crippen LogP contribution >= 0.6 is 0 Å². The number of likely N-dealkylation sites (N-methyl/N-ethyl adjacent to an activating group) is 1. The summed E-state index contributed by atoms with van der Waals surface area (Å²) in [6.45, 7) is 2.84. The van der Waals surface area contributed by atoms with Gasteiger partial charge in [0.25, 0.3) is 5.91 Å². The van der Waals surface area contributed by atoms with Crippen LogP contribution in [-0.4, -0.2) is 65.8 Å². The summed E-state index contributed by atoms with van der Waals surface area (Å²) in [5.74, 6) is -0.509. The van der Waals surface area contributed by atoms with Crippen molar-refractivity contribution in [3.63, 3.8) is 0 Å². The molecule has 2 saturated heterocycles. The van der Waals surface area contributed by atoms with E-state index < -0.39 is 5.60 Å². The van der Waals surface area contributed by atoms with Gasteiger partial charge in [0.2, 0.25) is 0 Å². The summed E-state index contributed by atoms with van der Waals surface area (Å²) in [7, 11) is 1.97. The van der Waals surface area contributed by atoms with Crippen molar-refractivity contribution in [1.29, 1.82) is 0 Å². The van der Waals surface area contributed by atoms with Crippen LogP contribution < -0.4 is 0 Å². The lowest BCUT2D eigenvalue weighted by Crippen LogP contribution is -2.59. The van der Waals surface area contributed by atoms with Gasteiger partial charge >= 0.3 is 0 Å². The number of carbonyl (C=O) groups excluding carboxylic acids is 1. The maximum absolute atomic E-state index is 13.1. The fourth-order valence-corrected chi connectivity index (χ4v) is 3.84. The molecule has 2 heterocycles. The van der Waals surface area contributed by atoms with E-state index in [2.05, 4.69) is 4.90 Å². The minimum Gasteiger partial charge on any atom is -0.381 e. The van der Waals surface area contributed by atoms with Gasteiger partial charge in [0.1, 0.15) is 5.82 Å². The zero-order valence-corrected chi connectivity index (χ0v) is 14.8. The lowest BCUT2D eigenvalue weighted by molar-refractivity contribution is -0.161. The van der Waals surface area contributed by atoms with Crippen LogP contribution in [-0.2, 0) is 16.1 Å². The molecule has 0 bridgehead atoms. The van der Waals surface area contributed by atoms with Crippen molar-refractivity contribution >= 4 is 5.91 Å². The first-order chi connectivity index (χ1) is 12.0. The number of carbonyl (C=O) groups is 1. The minimum atomic E-state index is -1.34. The zero-order valence-electron chi connectivity index (χ0n) is 14.8. The molecule has 0 aromatic heterocycles. The molecular formula is C19H27FN2O3. The van der Waals surface area contributed by atoms with Crippen molar-refractivity contribution in [1.82, 2.24) is 9.80 Å². The monoisotopic (exact) mass is 350 g/mol. The Morgan fingerprint density at radius 1 is 1.32 bits per heavy atom. The SMILES string of the molecule is CN(C[C@]1(O)CCCN(Cc2ccc(F)cc2)C1=O)C1CCOCC1. The summed E-state index contributed by atoms with van der Waals surface area (Å²) >= 11 is 0. The Labute approximate surface area is 148 Å². The molecule has 0 aliphatic carbocycles. The number of aliphatic hydroxyl groups is 1. The fraction of sp³-hybridized carbons (Fsp3) is 0.632. The number of amides is 1. The molecule has 2 fully saturated rings. The van der Waals surface area contributed by atoms with Crippen molar-refractivity contribution in [3.8, 4) is 0 Å². The molecule has 138 valence electrons. The summed E-state index contributed by atoms with van der Waals surface area (Å²) in [4.78, 5) is 16.7. The molecule has 1 atom stereocenters. The second-order valence-electron chi connectivity index (χ2n) is 7.25. The molecule has 1 aromatic rings. The van der Waals surface area contributed by atoms with E-state index in [9.17, 15) is 14.3 Å². The molecular weight excluding hydrogens is 323 g/mol. The number of benzene rings is 1. The van der Waals surface area contributed by atoms with Crippen LogP contribution in [0.1, 0.15) is 31.2 Å². The Bertz CT molecular complexity index is 589. The van der Waals surface area contributed by atoms with Gasteiger partial charge in [-0.2, -0.15) is 0 Å². The van der Waals surface area contributed by atoms with Gasteiger partial charge in [-0.3, -0.25) is 9.69 Å². The second kappa shape index (κ2) is 7.81. The first-order valence-corrected chi connectivity index (χ1v) is 9.02. The van der Waals surface area contributed by atoms with Crippen LogP contribution in [0, 0.1) is 5.82 Å². The van der Waals surface area contributed by atoms with Gasteiger partial charge in [-0.15, -0.1) is 0 Å². The third kappa shape index (κ3) is 4.37. The van der Waals surface area contributed by atoms with E-state index in [0.717, 1.165) is 38.0 Å². The number of halogens is 1. The van der Waals surface area contributed by atoms with E-state index in [1.54, 1.807) is 17.0 Å². The van der Waals surface area contributed by atoms with Crippen LogP contribution in [0.15, 0.2) is 24.3 Å². The van der Waals surface area contributed by atoms with E-state index in [1.165, 1.54) is 12.1 Å². The lowest BCUT2D eigenvalue weighted by atomic mass is 9.90. The van der Waals surface area contributed by atoms with E-state index in [-0.39, 0.29) is 11.7 Å². The molecule has 2 aliphatic rings. The Morgan fingerprint density at radius 2 is 2.00 bits per heavy atom. The number of nitrogens with zero attached hydrogens (tertiary/aromatic N) is 2. The molecule has 1 N–H and O–H groups in total. The summed E-state index contributed by atoms with van der Waals surface area (Å²) in [5, 5.41) is 11.0. The highest BCUT2D eigenvalue weighted by Gasteiger charge is 2.43. The highest BCUT2D eigenvalue weighted by Crippen LogP contribution is 2.27. The van der Waals surface area contributed by atoms with E-state index in [1.807, 2.05) is 7.05 Å². The van der Waals surface area contributed by atoms with Gasteiger partial charge < -0.3 is 14.7 Å². The predicted molar refractivity (Wildman–Crippen MR) is 92.5 cm³/mol. The largest absolute Gasteiger partial charge is 0.381 e. The summed E-state index contributed by atoms with van der Waals surface area (Å²) < 4.78 is 18.4. The maximum Gasteiger partial charge on any atom is 0.256 e. The number of likely N-dealkylation sites (tertiary alicyclic amines) is 1. The molecule has 1 amide bonds. The quantitative estimate of drug-likeness (QED) is 0.880. The van der Waals surface area contributed by atoms with Crippen LogP contribution in [0.5, 0.6) is 0 Å². The zero-order chi connectivity index (χ0) is 17.9. The van der Waals surface area contributed by atoms with Crippen molar-refractivity contribution < 1.29 is 19.0 Å². The van der Waals surface area contributed by atoms with Crippen molar-refractivity contribution in [3.05, 3.63) is 35.6 Å². The molecule has 0 radical (unpaired) electrons. The molecule has 2 aliphatic heterocycles. The molecule has 6 heteroatoms. The summed E-state index contributed by atoms with van der Waals surface area (Å²) in [6.07, 6.45) is 3.12. The highest BCUT2D eigenvalue weighted by atomic mass is 19.1. The molecule has 25 heavy (non-hydrogen) atoms. The van der Waals surface area contributed by atoms with Gasteiger partial charge in [0.05, 0.1) is 0 Å². The highest BCUT2D eigenvalue weighted by molar-refractivity contribution is 5.86. The molecule has 5 nitrogen and oxygen atoms in total. The van der Waals surface area contributed by atoms with Crippen LogP contribution in [0.2, 0.25) is 0 Å². The first kappa shape index (κ1) is 18.3. The van der Waals surface area contributed by atoms with Gasteiger partial charge in [0.15, 0.2) is 5.60 Å². The number of hydrogen-bond acceptors (Lipinski definition) is 4. The number of hydrogen-bond donors (Lipinski definition) is 1. The van der Waals surface area contributed by atoms with Crippen LogP contribution in [0.3, 0.4) is 0 Å². The Balaban J connectivity index is 1.64. The Hall–Kier alpha value is -1.50. The fourth-order valence-electron chi connectivity index (χ4n) is 3.84. The summed E-state index contributed by atoms with van der Waals surface area (Å²) in [6, 6.07) is 6.51. The van der Waals surface area contributed by atoms with Gasteiger partial charge in [-0.25, -0.2) is 4.39 Å². The van der Waals surface area contributed by atoms with E-state index >= 15 is 0 Å². The standard InChI is InChI=1S/C19H27FN2O3/c1-21(17-7-11-25-12-8-17)14-19(24)9-2-10-22(18(19)23)13-15-3-5-16(20)6-4-15/h3-6,17,24H,2,7-14H2,1H3/t19-/m1/s1. The second-order valence-corrected chi connectivity index (χ2v) is 7.25. The van der Waals surface area contributed by atoms with Gasteiger partial charge in [-0.05, 0) is 50.4 Å². The smallest absolute Gasteiger partial charge is 0.256 e. The van der Waals surface area contributed by atoms with Crippen molar-refractivity contribution in [2.45, 2.75) is 43.9 Å². The van der Waals surface area contributed by atoms with Crippen LogP contribution in [0.4, 0.5) is 4.39 Å². The van der Waals surface area contributed by atoms with E-state index in [4.69, 9.17) is 4.74 Å². The van der Waals surface area contributed by atoms with E-state index in [0.29, 0.717) is 32.1 Å². The molecule has 1 aromatic carbocycles. The average molecular weight is 350 g/mol. The maximum atomic E-state index is 13.1. The molecule has 0 saturated carbocycles. The molecule has 3 rings (SSSR count). The first-order valence-electron chi connectivity index (χ1n) is 9.02. The number of piperidine rings is 1. The average Bonchev–Trinajstić information content (AvgIpc) is 2.62. The number of rotatable bonds is 5. The lowest BCUT2D eigenvalue weighted by Gasteiger charge is -2.42. The van der Waals surface area contributed by atoms with Gasteiger partial charge in [0, 0.05) is 38.9 Å². The third-order valence-corrected chi connectivity index (χ3v) is 5.32. The van der Waals surface area contributed by atoms with Crippen molar-refractivity contribution in [2.75, 3.05) is 33.4 Å².